The zero-order valence-electron chi connectivity index (χ0n) is 7.24. The molecule has 0 aromatic heterocycles. The van der Waals surface area contributed by atoms with Crippen LogP contribution in [0.15, 0.2) is 30.3 Å². The average Bonchev–Trinajstić information content (AvgIpc) is 2.17. The number of benzene rings is 1. The standard InChI is InChI=1S/C9H12NOP/c1-10(9(11)12-2)8-6-4-3-5-7-8/h3-7,12H,1-2H3. The number of para-hydroxylation sites is 1. The minimum atomic E-state index is 0.168. The number of carbonyl (C=O) groups excluding carboxylic acids is 1. The highest BCUT2D eigenvalue weighted by atomic mass is 31.1. The molecule has 0 fully saturated rings. The molecule has 1 atom stereocenters. The van der Waals surface area contributed by atoms with Crippen molar-refractivity contribution in [1.29, 1.82) is 0 Å². The zero-order chi connectivity index (χ0) is 8.97. The Morgan fingerprint density at radius 1 is 1.33 bits per heavy atom. The van der Waals surface area contributed by atoms with Gasteiger partial charge in [-0.1, -0.05) is 18.2 Å². The van der Waals surface area contributed by atoms with Gasteiger partial charge in [0.1, 0.15) is 0 Å². The molecule has 12 heavy (non-hydrogen) atoms. The second-order valence-corrected chi connectivity index (χ2v) is 3.38. The van der Waals surface area contributed by atoms with Crippen LogP contribution in [-0.4, -0.2) is 19.4 Å². The van der Waals surface area contributed by atoms with E-state index in [-0.39, 0.29) is 5.65 Å². The van der Waals surface area contributed by atoms with Crippen molar-refractivity contribution in [1.82, 2.24) is 0 Å². The van der Waals surface area contributed by atoms with E-state index in [0.717, 1.165) is 5.69 Å². The van der Waals surface area contributed by atoms with Crippen LogP contribution in [0.25, 0.3) is 0 Å². The van der Waals surface area contributed by atoms with Crippen molar-refractivity contribution in [3.05, 3.63) is 30.3 Å². The highest BCUT2D eigenvalue weighted by Crippen LogP contribution is 2.17. The third kappa shape index (κ3) is 2.05. The normalized spacial score (nSPS) is 10.5. The summed E-state index contributed by atoms with van der Waals surface area (Å²) in [5.74, 6) is 0. The van der Waals surface area contributed by atoms with E-state index >= 15 is 0 Å². The molecule has 0 saturated carbocycles. The number of hydrogen-bond acceptors (Lipinski definition) is 1. The molecule has 1 aromatic rings. The van der Waals surface area contributed by atoms with Gasteiger partial charge in [-0.25, -0.2) is 0 Å². The van der Waals surface area contributed by atoms with E-state index in [4.69, 9.17) is 0 Å². The van der Waals surface area contributed by atoms with Crippen molar-refractivity contribution >= 4 is 19.9 Å². The number of hydrogen-bond donors (Lipinski definition) is 0. The number of nitrogens with zero attached hydrogens (tertiary/aromatic N) is 1. The van der Waals surface area contributed by atoms with E-state index in [1.165, 1.54) is 0 Å². The lowest BCUT2D eigenvalue weighted by Gasteiger charge is -2.15. The van der Waals surface area contributed by atoms with Crippen LogP contribution >= 0.6 is 8.58 Å². The Kier molecular flexibility index (Phi) is 3.24. The lowest BCUT2D eigenvalue weighted by atomic mass is 10.3. The summed E-state index contributed by atoms with van der Waals surface area (Å²) in [7, 11) is 2.12. The molecule has 0 aliphatic heterocycles. The third-order valence-electron chi connectivity index (χ3n) is 1.66. The van der Waals surface area contributed by atoms with Gasteiger partial charge in [0.2, 0.25) is 5.65 Å². The second-order valence-electron chi connectivity index (χ2n) is 2.45. The fourth-order valence-electron chi connectivity index (χ4n) is 0.937. The summed E-state index contributed by atoms with van der Waals surface area (Å²) >= 11 is 0. The molecule has 1 rings (SSSR count). The smallest absolute Gasteiger partial charge is 0.244 e. The van der Waals surface area contributed by atoms with Crippen LogP contribution < -0.4 is 4.90 Å². The summed E-state index contributed by atoms with van der Waals surface area (Å²) in [6.45, 7) is 1.89. The predicted octanol–water partition coefficient (Wildman–Crippen LogP) is 2.55. The Balaban J connectivity index is 2.78. The minimum Gasteiger partial charge on any atom is -0.312 e. The molecule has 0 aliphatic rings. The molecule has 0 N–H and O–H groups in total. The molecule has 2 nitrogen and oxygen atoms in total. The number of carbonyl (C=O) groups is 1. The summed E-state index contributed by atoms with van der Waals surface area (Å²) in [5, 5.41) is 0. The first kappa shape index (κ1) is 9.21. The van der Waals surface area contributed by atoms with Crippen LogP contribution in [0.3, 0.4) is 0 Å². The Morgan fingerprint density at radius 3 is 2.42 bits per heavy atom. The van der Waals surface area contributed by atoms with Crippen LogP contribution in [0.4, 0.5) is 10.5 Å². The van der Waals surface area contributed by atoms with Gasteiger partial charge >= 0.3 is 0 Å². The average molecular weight is 181 g/mol. The molecule has 0 radical (unpaired) electrons. The predicted molar refractivity (Wildman–Crippen MR) is 54.5 cm³/mol. The van der Waals surface area contributed by atoms with Crippen molar-refractivity contribution in [3.8, 4) is 0 Å². The van der Waals surface area contributed by atoms with E-state index in [2.05, 4.69) is 0 Å². The van der Waals surface area contributed by atoms with Gasteiger partial charge in [-0.05, 0) is 27.4 Å². The highest BCUT2D eigenvalue weighted by molar-refractivity contribution is 7.57. The van der Waals surface area contributed by atoms with Gasteiger partial charge in [0.25, 0.3) is 0 Å². The third-order valence-corrected chi connectivity index (χ3v) is 2.43. The summed E-state index contributed by atoms with van der Waals surface area (Å²) in [6.07, 6.45) is 0. The molecule has 0 heterocycles. The zero-order valence-corrected chi connectivity index (χ0v) is 8.24. The molecule has 1 aromatic carbocycles. The first-order chi connectivity index (χ1) is 5.75. The number of rotatable bonds is 2. The Bertz CT molecular complexity index is 260. The molecular formula is C9H12NOP. The van der Waals surface area contributed by atoms with E-state index in [0.29, 0.717) is 8.58 Å². The van der Waals surface area contributed by atoms with Crippen molar-refractivity contribution in [3.63, 3.8) is 0 Å². The lowest BCUT2D eigenvalue weighted by molar-refractivity contribution is 0.265. The topological polar surface area (TPSA) is 20.3 Å². The molecule has 0 bridgehead atoms. The van der Waals surface area contributed by atoms with Crippen LogP contribution in [0.1, 0.15) is 0 Å². The monoisotopic (exact) mass is 181 g/mol. The molecular weight excluding hydrogens is 169 g/mol. The largest absolute Gasteiger partial charge is 0.312 e. The molecule has 1 unspecified atom stereocenters. The van der Waals surface area contributed by atoms with Crippen LogP contribution in [-0.2, 0) is 0 Å². The van der Waals surface area contributed by atoms with Crippen LogP contribution in [0, 0.1) is 0 Å². The van der Waals surface area contributed by atoms with Gasteiger partial charge in [-0.2, -0.15) is 0 Å². The first-order valence-corrected chi connectivity index (χ1v) is 5.26. The van der Waals surface area contributed by atoms with Gasteiger partial charge in [0, 0.05) is 12.7 Å². The van der Waals surface area contributed by atoms with E-state index < -0.39 is 0 Å². The molecule has 0 aliphatic carbocycles. The van der Waals surface area contributed by atoms with Gasteiger partial charge < -0.3 is 4.90 Å². The Hall–Kier alpha value is -0.880. The van der Waals surface area contributed by atoms with Crippen molar-refractivity contribution in [2.75, 3.05) is 18.6 Å². The lowest BCUT2D eigenvalue weighted by Crippen LogP contribution is -2.20. The molecule has 0 saturated heterocycles. The maximum Gasteiger partial charge on any atom is 0.244 e. The SMILES string of the molecule is CPC(=O)N(C)c1ccccc1. The fourth-order valence-corrected chi connectivity index (χ4v) is 1.40. The fraction of sp³-hybridized carbons (Fsp3) is 0.222. The first-order valence-electron chi connectivity index (χ1n) is 3.76. The van der Waals surface area contributed by atoms with E-state index in [1.54, 1.807) is 11.9 Å². The quantitative estimate of drug-likeness (QED) is 0.642. The summed E-state index contributed by atoms with van der Waals surface area (Å²) in [4.78, 5) is 12.9. The van der Waals surface area contributed by atoms with E-state index in [1.807, 2.05) is 37.0 Å². The molecule has 3 heteroatoms. The van der Waals surface area contributed by atoms with Crippen molar-refractivity contribution in [2.24, 2.45) is 0 Å². The molecule has 64 valence electrons. The van der Waals surface area contributed by atoms with Crippen LogP contribution in [0.5, 0.6) is 0 Å². The van der Waals surface area contributed by atoms with Gasteiger partial charge in [0.15, 0.2) is 0 Å². The van der Waals surface area contributed by atoms with Gasteiger partial charge in [-0.3, -0.25) is 4.79 Å². The van der Waals surface area contributed by atoms with Gasteiger partial charge in [0.05, 0.1) is 0 Å². The summed E-state index contributed by atoms with van der Waals surface area (Å²) in [5.41, 5.74) is 1.12. The van der Waals surface area contributed by atoms with Crippen molar-refractivity contribution in [2.45, 2.75) is 0 Å². The summed E-state index contributed by atoms with van der Waals surface area (Å²) in [6, 6.07) is 9.65. The minimum absolute atomic E-state index is 0.168. The van der Waals surface area contributed by atoms with Crippen molar-refractivity contribution < 1.29 is 4.79 Å². The number of amides is 1. The summed E-state index contributed by atoms with van der Waals surface area (Å²) < 4.78 is 0. The second kappa shape index (κ2) is 4.22. The van der Waals surface area contributed by atoms with E-state index in [9.17, 15) is 4.79 Å². The van der Waals surface area contributed by atoms with Crippen LogP contribution in [0.2, 0.25) is 0 Å². The maximum atomic E-state index is 11.3. The number of anilines is 1. The Morgan fingerprint density at radius 2 is 1.92 bits per heavy atom. The van der Waals surface area contributed by atoms with Gasteiger partial charge in [-0.15, -0.1) is 0 Å². The Labute approximate surface area is 74.4 Å². The maximum absolute atomic E-state index is 11.3. The molecule has 1 amide bonds. The molecule has 0 spiro atoms. The highest BCUT2D eigenvalue weighted by Gasteiger charge is 2.06.